The first-order valence-electron chi connectivity index (χ1n) is 16.5. The summed E-state index contributed by atoms with van der Waals surface area (Å²) in [6.45, 7) is 15.9. The van der Waals surface area contributed by atoms with Crippen molar-refractivity contribution in [3.8, 4) is 11.5 Å². The summed E-state index contributed by atoms with van der Waals surface area (Å²) < 4.78 is 17.7. The van der Waals surface area contributed by atoms with Gasteiger partial charge in [-0.1, -0.05) is 24.3 Å². The Bertz CT molecular complexity index is 1350. The molecule has 6 rings (SSSR count). The molecule has 3 aromatic rings. The van der Waals surface area contributed by atoms with Crippen molar-refractivity contribution >= 4 is 22.4 Å². The zero-order valence-corrected chi connectivity index (χ0v) is 26.8. The predicted octanol–water partition coefficient (Wildman–Crippen LogP) is 5.06. The molecular formula is C35H50N6O3. The highest BCUT2D eigenvalue weighted by Crippen LogP contribution is 2.37. The lowest BCUT2D eigenvalue weighted by atomic mass is 10.0. The Morgan fingerprint density at radius 3 is 2.39 bits per heavy atom. The quantitative estimate of drug-likeness (QED) is 0.261. The van der Waals surface area contributed by atoms with Crippen LogP contribution in [0, 0.1) is 0 Å². The molecule has 0 amide bonds. The summed E-state index contributed by atoms with van der Waals surface area (Å²) in [5.41, 5.74) is 4.90. The number of nitrogens with one attached hydrogen (secondary N) is 2. The number of hydrogen-bond acceptors (Lipinski definition) is 9. The van der Waals surface area contributed by atoms with Crippen LogP contribution in [0.4, 0.5) is 11.5 Å². The van der Waals surface area contributed by atoms with Crippen molar-refractivity contribution in [2.45, 2.75) is 58.3 Å². The Labute approximate surface area is 262 Å². The van der Waals surface area contributed by atoms with Crippen molar-refractivity contribution in [3.05, 3.63) is 53.6 Å². The maximum absolute atomic E-state index is 6.34. The Hall–Kier alpha value is -3.11. The standard InChI is InChI=1S/C35H50N6O3/c1-26(2)41-13-9-29(10-14-41)37-32-23-35(36-11-15-39-16-19-43-20-17-39)38-31-22-34(33(42-3)21-30(31)32)44-18-6-12-40-24-27-7-4-5-8-28(27)25-40/h4-5,7-8,21-23,26,29H,6,9-20,24-25H2,1-3H3,(H2,36,37,38). The molecule has 9 heteroatoms. The van der Waals surface area contributed by atoms with Crippen LogP contribution in [0.25, 0.3) is 10.9 Å². The molecule has 0 radical (unpaired) electrons. The van der Waals surface area contributed by atoms with Crippen LogP contribution in [0.5, 0.6) is 11.5 Å². The monoisotopic (exact) mass is 602 g/mol. The number of benzene rings is 2. The Kier molecular flexibility index (Phi) is 10.4. The van der Waals surface area contributed by atoms with Gasteiger partial charge in [-0.05, 0) is 50.3 Å². The number of fused-ring (bicyclic) bond motifs is 2. The summed E-state index contributed by atoms with van der Waals surface area (Å²) in [6, 6.07) is 16.1. The lowest BCUT2D eigenvalue weighted by molar-refractivity contribution is 0.0398. The number of aromatic nitrogens is 1. The molecule has 238 valence electrons. The molecule has 1 aromatic heterocycles. The molecule has 0 spiro atoms. The molecular weight excluding hydrogens is 552 g/mol. The van der Waals surface area contributed by atoms with E-state index in [1.165, 1.54) is 11.1 Å². The maximum atomic E-state index is 6.34. The van der Waals surface area contributed by atoms with E-state index in [0.717, 1.165) is 125 Å². The van der Waals surface area contributed by atoms with Crippen LogP contribution in [0.2, 0.25) is 0 Å². The van der Waals surface area contributed by atoms with Crippen LogP contribution < -0.4 is 20.1 Å². The molecule has 0 unspecified atom stereocenters. The number of ether oxygens (including phenoxy) is 3. The van der Waals surface area contributed by atoms with E-state index in [9.17, 15) is 0 Å². The van der Waals surface area contributed by atoms with Crippen molar-refractivity contribution in [1.29, 1.82) is 0 Å². The van der Waals surface area contributed by atoms with Gasteiger partial charge in [-0.15, -0.1) is 0 Å². The highest BCUT2D eigenvalue weighted by molar-refractivity contribution is 5.95. The van der Waals surface area contributed by atoms with E-state index in [1.54, 1.807) is 7.11 Å². The molecule has 44 heavy (non-hydrogen) atoms. The summed E-state index contributed by atoms with van der Waals surface area (Å²) in [4.78, 5) is 12.6. The molecule has 2 fully saturated rings. The van der Waals surface area contributed by atoms with Crippen molar-refractivity contribution in [2.24, 2.45) is 0 Å². The fraction of sp³-hybridized carbons (Fsp3) is 0.571. The number of hydrogen-bond donors (Lipinski definition) is 2. The number of piperidine rings is 1. The Morgan fingerprint density at radius 1 is 0.932 bits per heavy atom. The smallest absolute Gasteiger partial charge is 0.163 e. The summed E-state index contributed by atoms with van der Waals surface area (Å²) in [7, 11) is 1.72. The summed E-state index contributed by atoms with van der Waals surface area (Å²) in [6.07, 6.45) is 3.21. The van der Waals surface area contributed by atoms with Crippen molar-refractivity contribution < 1.29 is 14.2 Å². The second kappa shape index (κ2) is 14.8. The van der Waals surface area contributed by atoms with E-state index < -0.39 is 0 Å². The summed E-state index contributed by atoms with van der Waals surface area (Å²) in [5, 5.41) is 8.56. The molecule has 4 heterocycles. The first-order chi connectivity index (χ1) is 21.6. The molecule has 0 atom stereocenters. The van der Waals surface area contributed by atoms with Crippen LogP contribution >= 0.6 is 0 Å². The molecule has 2 aromatic carbocycles. The van der Waals surface area contributed by atoms with Gasteiger partial charge in [0.05, 0.1) is 32.4 Å². The maximum Gasteiger partial charge on any atom is 0.163 e. The Morgan fingerprint density at radius 2 is 1.68 bits per heavy atom. The van der Waals surface area contributed by atoms with Crippen LogP contribution in [0.1, 0.15) is 44.2 Å². The largest absolute Gasteiger partial charge is 0.493 e. The topological polar surface area (TPSA) is 74.4 Å². The normalized spacial score (nSPS) is 18.5. The molecule has 2 saturated heterocycles. The highest BCUT2D eigenvalue weighted by Gasteiger charge is 2.23. The van der Waals surface area contributed by atoms with E-state index in [2.05, 4.69) is 81.6 Å². The average Bonchev–Trinajstić information content (AvgIpc) is 3.46. The Balaban J connectivity index is 1.14. The van der Waals surface area contributed by atoms with E-state index in [0.29, 0.717) is 18.7 Å². The van der Waals surface area contributed by atoms with Crippen LogP contribution in [0.15, 0.2) is 42.5 Å². The summed E-state index contributed by atoms with van der Waals surface area (Å²) >= 11 is 0. The second-order valence-corrected chi connectivity index (χ2v) is 12.7. The molecule has 9 nitrogen and oxygen atoms in total. The van der Waals surface area contributed by atoms with Gasteiger partial charge < -0.3 is 29.7 Å². The number of anilines is 2. The van der Waals surface area contributed by atoms with Gasteiger partial charge in [0.15, 0.2) is 11.5 Å². The van der Waals surface area contributed by atoms with Crippen LogP contribution in [0.3, 0.4) is 0 Å². The minimum atomic E-state index is 0.426. The number of methoxy groups -OCH3 is 1. The van der Waals surface area contributed by atoms with E-state index >= 15 is 0 Å². The average molecular weight is 603 g/mol. The number of rotatable bonds is 13. The third kappa shape index (κ3) is 7.75. The minimum Gasteiger partial charge on any atom is -0.493 e. The van der Waals surface area contributed by atoms with Crippen molar-refractivity contribution in [3.63, 3.8) is 0 Å². The van der Waals surface area contributed by atoms with E-state index in [-0.39, 0.29) is 0 Å². The molecule has 0 bridgehead atoms. The number of morpholine rings is 1. The first-order valence-corrected chi connectivity index (χ1v) is 16.5. The van der Waals surface area contributed by atoms with Gasteiger partial charge in [0.25, 0.3) is 0 Å². The fourth-order valence-electron chi connectivity index (χ4n) is 6.70. The van der Waals surface area contributed by atoms with Crippen molar-refractivity contribution in [1.82, 2.24) is 19.7 Å². The van der Waals surface area contributed by atoms with Gasteiger partial charge in [-0.25, -0.2) is 4.98 Å². The zero-order valence-electron chi connectivity index (χ0n) is 26.8. The van der Waals surface area contributed by atoms with E-state index in [4.69, 9.17) is 19.2 Å². The highest BCUT2D eigenvalue weighted by atomic mass is 16.5. The van der Waals surface area contributed by atoms with Gasteiger partial charge in [0, 0.05) is 94.2 Å². The predicted molar refractivity (Wildman–Crippen MR) is 178 cm³/mol. The third-order valence-corrected chi connectivity index (χ3v) is 9.33. The van der Waals surface area contributed by atoms with Gasteiger partial charge in [-0.3, -0.25) is 9.80 Å². The van der Waals surface area contributed by atoms with Crippen molar-refractivity contribution in [2.75, 3.05) is 83.4 Å². The molecule has 3 aliphatic heterocycles. The minimum absolute atomic E-state index is 0.426. The SMILES string of the molecule is COc1cc2c(NC3CCN(C(C)C)CC3)cc(NCCN3CCOCC3)nc2cc1OCCCN1Cc2ccccc2C1. The molecule has 0 saturated carbocycles. The first kappa shape index (κ1) is 30.9. The number of pyridine rings is 1. The number of nitrogens with zero attached hydrogens (tertiary/aromatic N) is 4. The van der Waals surface area contributed by atoms with E-state index in [1.807, 2.05) is 0 Å². The second-order valence-electron chi connectivity index (χ2n) is 12.7. The van der Waals surface area contributed by atoms with Crippen LogP contribution in [-0.4, -0.2) is 105 Å². The zero-order chi connectivity index (χ0) is 30.3. The van der Waals surface area contributed by atoms with Gasteiger partial charge in [0.2, 0.25) is 0 Å². The summed E-state index contributed by atoms with van der Waals surface area (Å²) in [5.74, 6) is 2.38. The van der Waals surface area contributed by atoms with Gasteiger partial charge >= 0.3 is 0 Å². The number of likely N-dealkylation sites (tertiary alicyclic amines) is 1. The fourth-order valence-corrected chi connectivity index (χ4v) is 6.70. The lowest BCUT2D eigenvalue weighted by Gasteiger charge is -2.35. The van der Waals surface area contributed by atoms with Gasteiger partial charge in [-0.2, -0.15) is 0 Å². The van der Waals surface area contributed by atoms with Gasteiger partial charge in [0.1, 0.15) is 5.82 Å². The third-order valence-electron chi connectivity index (χ3n) is 9.33. The lowest BCUT2D eigenvalue weighted by Crippen LogP contribution is -2.42. The molecule has 3 aliphatic rings. The van der Waals surface area contributed by atoms with Crippen LogP contribution in [-0.2, 0) is 17.8 Å². The molecule has 2 N–H and O–H groups in total. The molecule has 0 aliphatic carbocycles.